The number of hydrogen-bond donors (Lipinski definition) is 2. The van der Waals surface area contributed by atoms with E-state index < -0.39 is 0 Å². The summed E-state index contributed by atoms with van der Waals surface area (Å²) in [4.78, 5) is 23.7. The van der Waals surface area contributed by atoms with E-state index in [4.69, 9.17) is 4.74 Å². The number of nitrogens with one attached hydrogen (secondary N) is 2. The molecule has 2 aromatic carbocycles. The molecule has 0 saturated carbocycles. The number of methoxy groups -OCH3 is 1. The number of amides is 2. The summed E-state index contributed by atoms with van der Waals surface area (Å²) in [5.41, 5.74) is 4.41. The summed E-state index contributed by atoms with van der Waals surface area (Å²) in [5, 5.41) is 6.70. The molecule has 2 amide bonds. The zero-order valence-electron chi connectivity index (χ0n) is 14.4. The average molecular weight is 339 g/mol. The summed E-state index contributed by atoms with van der Waals surface area (Å²) in [6.45, 7) is 3.63. The second kappa shape index (κ2) is 8.63. The summed E-state index contributed by atoms with van der Waals surface area (Å²) in [5.74, 6) is 0.258. The number of hydrogen-bond acceptors (Lipinski definition) is 4. The molecule has 2 N–H and O–H groups in total. The highest BCUT2D eigenvalue weighted by atomic mass is 16.5. The zero-order valence-corrected chi connectivity index (χ0v) is 14.4. The van der Waals surface area contributed by atoms with Crippen LogP contribution < -0.4 is 15.5 Å². The van der Waals surface area contributed by atoms with E-state index in [0.29, 0.717) is 11.3 Å². The summed E-state index contributed by atoms with van der Waals surface area (Å²) in [7, 11) is 1.60. The lowest BCUT2D eigenvalue weighted by molar-refractivity contribution is -0.118. The predicted octanol–water partition coefficient (Wildman–Crippen LogP) is 3.05. The van der Waals surface area contributed by atoms with Gasteiger partial charge in [-0.1, -0.05) is 13.8 Å². The van der Waals surface area contributed by atoms with E-state index in [1.807, 2.05) is 38.1 Å². The van der Waals surface area contributed by atoms with E-state index in [-0.39, 0.29) is 17.7 Å². The molecule has 0 heterocycles. The molecule has 0 saturated heterocycles. The van der Waals surface area contributed by atoms with Crippen molar-refractivity contribution in [1.82, 2.24) is 5.43 Å². The lowest BCUT2D eigenvalue weighted by atomic mass is 10.1. The highest BCUT2D eigenvalue weighted by Crippen LogP contribution is 2.11. The third-order valence-electron chi connectivity index (χ3n) is 3.43. The molecule has 6 nitrogen and oxygen atoms in total. The maximum Gasteiger partial charge on any atom is 0.271 e. The summed E-state index contributed by atoms with van der Waals surface area (Å²) >= 11 is 0. The van der Waals surface area contributed by atoms with Gasteiger partial charge in [-0.25, -0.2) is 5.43 Å². The number of benzene rings is 2. The van der Waals surface area contributed by atoms with Gasteiger partial charge in [0.25, 0.3) is 5.91 Å². The second-order valence-electron chi connectivity index (χ2n) is 5.69. The van der Waals surface area contributed by atoms with Gasteiger partial charge in [0.05, 0.1) is 13.3 Å². The number of hydrazone groups is 1. The van der Waals surface area contributed by atoms with Gasteiger partial charge in [0.2, 0.25) is 5.91 Å². The largest absolute Gasteiger partial charge is 0.497 e. The van der Waals surface area contributed by atoms with Crippen LogP contribution in [0.1, 0.15) is 29.8 Å². The minimum Gasteiger partial charge on any atom is -0.497 e. The first-order valence-corrected chi connectivity index (χ1v) is 7.88. The van der Waals surface area contributed by atoms with E-state index in [1.165, 1.54) is 0 Å². The Hall–Kier alpha value is -3.15. The molecule has 0 aliphatic carbocycles. The normalized spacial score (nSPS) is 10.7. The van der Waals surface area contributed by atoms with E-state index in [2.05, 4.69) is 15.8 Å². The Morgan fingerprint density at radius 2 is 1.68 bits per heavy atom. The standard InChI is InChI=1S/C19H21N3O3/c1-13(2)18(23)21-16-8-6-15(7-9-16)19(24)22-20-12-14-4-10-17(25-3)11-5-14/h4-13H,1-3H3,(H,21,23)(H,22,24). The molecule has 0 radical (unpaired) electrons. The Morgan fingerprint density at radius 1 is 1.04 bits per heavy atom. The predicted molar refractivity (Wildman–Crippen MR) is 98.0 cm³/mol. The smallest absolute Gasteiger partial charge is 0.271 e. The van der Waals surface area contributed by atoms with Gasteiger partial charge in [0.1, 0.15) is 5.75 Å². The third kappa shape index (κ3) is 5.46. The lowest BCUT2D eigenvalue weighted by Crippen LogP contribution is -2.19. The number of nitrogens with zero attached hydrogens (tertiary/aromatic N) is 1. The lowest BCUT2D eigenvalue weighted by Gasteiger charge is -2.08. The number of carbonyl (C=O) groups excluding carboxylic acids is 2. The Balaban J connectivity index is 1.91. The Labute approximate surface area is 146 Å². The fourth-order valence-electron chi connectivity index (χ4n) is 1.91. The van der Waals surface area contributed by atoms with E-state index in [9.17, 15) is 9.59 Å². The van der Waals surface area contributed by atoms with Crippen LogP contribution >= 0.6 is 0 Å². The van der Waals surface area contributed by atoms with Gasteiger partial charge < -0.3 is 10.1 Å². The average Bonchev–Trinajstić information content (AvgIpc) is 2.62. The van der Waals surface area contributed by atoms with E-state index >= 15 is 0 Å². The monoisotopic (exact) mass is 339 g/mol. The second-order valence-corrected chi connectivity index (χ2v) is 5.69. The van der Waals surface area contributed by atoms with Crippen LogP contribution in [-0.2, 0) is 4.79 Å². The Bertz CT molecular complexity index is 750. The highest BCUT2D eigenvalue weighted by Gasteiger charge is 2.08. The molecule has 0 bridgehead atoms. The van der Waals surface area contributed by atoms with Crippen LogP contribution in [0, 0.1) is 5.92 Å². The third-order valence-corrected chi connectivity index (χ3v) is 3.43. The fraction of sp³-hybridized carbons (Fsp3) is 0.211. The molecule has 0 spiro atoms. The molecular weight excluding hydrogens is 318 g/mol. The van der Waals surface area contributed by atoms with Crippen molar-refractivity contribution in [1.29, 1.82) is 0 Å². The summed E-state index contributed by atoms with van der Waals surface area (Å²) in [6, 6.07) is 13.9. The molecule has 6 heteroatoms. The van der Waals surface area contributed by atoms with Crippen molar-refractivity contribution in [3.63, 3.8) is 0 Å². The summed E-state index contributed by atoms with van der Waals surface area (Å²) in [6.07, 6.45) is 1.55. The first-order chi connectivity index (χ1) is 12.0. The molecule has 2 rings (SSSR count). The zero-order chi connectivity index (χ0) is 18.2. The highest BCUT2D eigenvalue weighted by molar-refractivity contribution is 5.96. The van der Waals surface area contributed by atoms with Crippen molar-refractivity contribution in [3.8, 4) is 5.75 Å². The van der Waals surface area contributed by atoms with Crippen molar-refractivity contribution in [2.75, 3.05) is 12.4 Å². The molecule has 2 aromatic rings. The van der Waals surface area contributed by atoms with Gasteiger partial charge in [-0.15, -0.1) is 0 Å². The molecule has 0 fully saturated rings. The minimum atomic E-state index is -0.327. The molecule has 0 aromatic heterocycles. The molecule has 0 aliphatic rings. The molecular formula is C19H21N3O3. The quantitative estimate of drug-likeness (QED) is 0.627. The number of rotatable bonds is 6. The van der Waals surface area contributed by atoms with Crippen LogP contribution in [-0.4, -0.2) is 25.1 Å². The van der Waals surface area contributed by atoms with E-state index in [0.717, 1.165) is 11.3 Å². The number of carbonyl (C=O) groups is 2. The van der Waals surface area contributed by atoms with Crippen LogP contribution in [0.2, 0.25) is 0 Å². The van der Waals surface area contributed by atoms with Gasteiger partial charge in [-0.3, -0.25) is 9.59 Å². The van der Waals surface area contributed by atoms with Crippen LogP contribution in [0.15, 0.2) is 53.6 Å². The van der Waals surface area contributed by atoms with Crippen molar-refractivity contribution in [2.24, 2.45) is 11.0 Å². The van der Waals surface area contributed by atoms with Crippen LogP contribution in [0.4, 0.5) is 5.69 Å². The van der Waals surface area contributed by atoms with Crippen molar-refractivity contribution in [2.45, 2.75) is 13.8 Å². The first kappa shape index (κ1) is 18.2. The Kier molecular flexibility index (Phi) is 6.28. The first-order valence-electron chi connectivity index (χ1n) is 7.88. The minimum absolute atomic E-state index is 0.0682. The van der Waals surface area contributed by atoms with Crippen LogP contribution in [0.25, 0.3) is 0 Å². The van der Waals surface area contributed by atoms with Gasteiger partial charge in [-0.2, -0.15) is 5.10 Å². The SMILES string of the molecule is COc1ccc(C=NNC(=O)c2ccc(NC(=O)C(C)C)cc2)cc1. The van der Waals surface area contributed by atoms with Gasteiger partial charge in [-0.05, 0) is 54.1 Å². The van der Waals surface area contributed by atoms with Crippen molar-refractivity contribution >= 4 is 23.7 Å². The van der Waals surface area contributed by atoms with Crippen LogP contribution in [0.5, 0.6) is 5.75 Å². The van der Waals surface area contributed by atoms with Gasteiger partial charge in [0, 0.05) is 17.2 Å². The number of ether oxygens (including phenoxy) is 1. The molecule has 0 atom stereocenters. The van der Waals surface area contributed by atoms with E-state index in [1.54, 1.807) is 37.6 Å². The maximum atomic E-state index is 12.0. The fourth-order valence-corrected chi connectivity index (χ4v) is 1.91. The topological polar surface area (TPSA) is 79.8 Å². The van der Waals surface area contributed by atoms with Gasteiger partial charge >= 0.3 is 0 Å². The maximum absolute atomic E-state index is 12.0. The number of anilines is 1. The molecule has 130 valence electrons. The summed E-state index contributed by atoms with van der Waals surface area (Å²) < 4.78 is 5.08. The van der Waals surface area contributed by atoms with Crippen molar-refractivity contribution in [3.05, 3.63) is 59.7 Å². The van der Waals surface area contributed by atoms with Crippen molar-refractivity contribution < 1.29 is 14.3 Å². The molecule has 25 heavy (non-hydrogen) atoms. The Morgan fingerprint density at radius 3 is 2.24 bits per heavy atom. The molecule has 0 unspecified atom stereocenters. The van der Waals surface area contributed by atoms with Gasteiger partial charge in [0.15, 0.2) is 0 Å². The molecule has 0 aliphatic heterocycles. The van der Waals surface area contributed by atoms with Crippen LogP contribution in [0.3, 0.4) is 0 Å².